The van der Waals surface area contributed by atoms with E-state index >= 15 is 0 Å². The van der Waals surface area contributed by atoms with Crippen LogP contribution in [0.15, 0.2) is 24.5 Å². The molecule has 0 spiro atoms. The lowest BCUT2D eigenvalue weighted by atomic mass is 10.3. The normalized spacial score (nSPS) is 14.2. The Morgan fingerprint density at radius 2 is 2.38 bits per heavy atom. The van der Waals surface area contributed by atoms with Crippen molar-refractivity contribution in [2.75, 3.05) is 11.1 Å². The summed E-state index contributed by atoms with van der Waals surface area (Å²) >= 11 is 1.43. The largest absolute Gasteiger partial charge is 0.392 e. The van der Waals surface area contributed by atoms with Crippen LogP contribution in [0.25, 0.3) is 0 Å². The van der Waals surface area contributed by atoms with Crippen molar-refractivity contribution in [1.29, 1.82) is 0 Å². The SMILES string of the molecule is C[C@H](O)[C@@H](C)SCC(=O)Nc1cccnc1. The van der Waals surface area contributed by atoms with Gasteiger partial charge < -0.3 is 10.4 Å². The van der Waals surface area contributed by atoms with Crippen LogP contribution in [0, 0.1) is 0 Å². The predicted molar refractivity (Wildman–Crippen MR) is 66.5 cm³/mol. The van der Waals surface area contributed by atoms with E-state index in [-0.39, 0.29) is 11.2 Å². The van der Waals surface area contributed by atoms with Gasteiger partial charge in [-0.1, -0.05) is 6.92 Å². The topological polar surface area (TPSA) is 62.2 Å². The van der Waals surface area contributed by atoms with Gasteiger partial charge in [0.2, 0.25) is 5.91 Å². The average Bonchev–Trinajstić information content (AvgIpc) is 2.27. The van der Waals surface area contributed by atoms with E-state index in [1.807, 2.05) is 6.92 Å². The monoisotopic (exact) mass is 240 g/mol. The minimum Gasteiger partial charge on any atom is -0.392 e. The molecular formula is C11H16N2O2S. The Bertz CT molecular complexity index is 330. The molecule has 0 saturated carbocycles. The maximum absolute atomic E-state index is 11.5. The summed E-state index contributed by atoms with van der Waals surface area (Å²) in [6, 6.07) is 3.55. The first kappa shape index (κ1) is 13.0. The van der Waals surface area contributed by atoms with Gasteiger partial charge in [-0.3, -0.25) is 9.78 Å². The second-order valence-electron chi connectivity index (χ2n) is 3.55. The molecule has 5 heteroatoms. The van der Waals surface area contributed by atoms with Gasteiger partial charge >= 0.3 is 0 Å². The van der Waals surface area contributed by atoms with Crippen molar-refractivity contribution >= 4 is 23.4 Å². The zero-order chi connectivity index (χ0) is 12.0. The summed E-state index contributed by atoms with van der Waals surface area (Å²) < 4.78 is 0. The van der Waals surface area contributed by atoms with Gasteiger partial charge in [-0.15, -0.1) is 11.8 Å². The molecule has 0 saturated heterocycles. The number of nitrogens with zero attached hydrogens (tertiary/aromatic N) is 1. The van der Waals surface area contributed by atoms with Crippen molar-refractivity contribution in [3.63, 3.8) is 0 Å². The number of carbonyl (C=O) groups excluding carboxylic acids is 1. The van der Waals surface area contributed by atoms with Crippen LogP contribution in [0.2, 0.25) is 0 Å². The Kier molecular flexibility index (Phi) is 5.28. The zero-order valence-electron chi connectivity index (χ0n) is 9.38. The van der Waals surface area contributed by atoms with Crippen molar-refractivity contribution in [2.45, 2.75) is 25.2 Å². The molecule has 2 atom stereocenters. The van der Waals surface area contributed by atoms with Gasteiger partial charge in [0.05, 0.1) is 23.7 Å². The Balaban J connectivity index is 2.32. The summed E-state index contributed by atoms with van der Waals surface area (Å²) in [5.41, 5.74) is 0.692. The Morgan fingerprint density at radius 3 is 2.94 bits per heavy atom. The average molecular weight is 240 g/mol. The van der Waals surface area contributed by atoms with E-state index in [0.29, 0.717) is 11.4 Å². The van der Waals surface area contributed by atoms with E-state index in [1.165, 1.54) is 11.8 Å². The van der Waals surface area contributed by atoms with Gasteiger partial charge in [0.15, 0.2) is 0 Å². The number of carbonyl (C=O) groups is 1. The van der Waals surface area contributed by atoms with Crippen molar-refractivity contribution in [1.82, 2.24) is 4.98 Å². The number of aromatic nitrogens is 1. The summed E-state index contributed by atoms with van der Waals surface area (Å²) in [5, 5.41) is 12.0. The van der Waals surface area contributed by atoms with Crippen molar-refractivity contribution in [3.05, 3.63) is 24.5 Å². The maximum Gasteiger partial charge on any atom is 0.234 e. The number of pyridine rings is 1. The highest BCUT2D eigenvalue weighted by Gasteiger charge is 2.11. The molecule has 16 heavy (non-hydrogen) atoms. The molecule has 1 rings (SSSR count). The minimum atomic E-state index is -0.406. The lowest BCUT2D eigenvalue weighted by Crippen LogP contribution is -2.20. The molecule has 1 aromatic rings. The maximum atomic E-state index is 11.5. The smallest absolute Gasteiger partial charge is 0.234 e. The van der Waals surface area contributed by atoms with E-state index in [1.54, 1.807) is 31.5 Å². The number of aliphatic hydroxyl groups excluding tert-OH is 1. The summed E-state index contributed by atoms with van der Waals surface area (Å²) in [4.78, 5) is 15.4. The van der Waals surface area contributed by atoms with Crippen LogP contribution in [0.5, 0.6) is 0 Å². The van der Waals surface area contributed by atoms with E-state index in [9.17, 15) is 9.90 Å². The first-order valence-corrected chi connectivity index (χ1v) is 6.14. The molecule has 88 valence electrons. The number of anilines is 1. The molecule has 0 bridgehead atoms. The highest BCUT2D eigenvalue weighted by molar-refractivity contribution is 8.00. The van der Waals surface area contributed by atoms with Crippen LogP contribution in [0.1, 0.15) is 13.8 Å². The second kappa shape index (κ2) is 6.50. The van der Waals surface area contributed by atoms with Crippen LogP contribution < -0.4 is 5.32 Å². The Morgan fingerprint density at radius 1 is 1.62 bits per heavy atom. The lowest BCUT2D eigenvalue weighted by molar-refractivity contribution is -0.113. The van der Waals surface area contributed by atoms with Gasteiger partial charge in [0.25, 0.3) is 0 Å². The fraction of sp³-hybridized carbons (Fsp3) is 0.455. The van der Waals surface area contributed by atoms with Gasteiger partial charge in [-0.05, 0) is 19.1 Å². The highest BCUT2D eigenvalue weighted by Crippen LogP contribution is 2.14. The molecule has 1 amide bonds. The number of hydrogen-bond donors (Lipinski definition) is 2. The van der Waals surface area contributed by atoms with Crippen LogP contribution in [0.3, 0.4) is 0 Å². The fourth-order valence-corrected chi connectivity index (χ4v) is 1.75. The van der Waals surface area contributed by atoms with Crippen LogP contribution >= 0.6 is 11.8 Å². The summed E-state index contributed by atoms with van der Waals surface area (Å²) in [6.45, 7) is 3.61. The fourth-order valence-electron chi connectivity index (χ4n) is 0.980. The predicted octanol–water partition coefficient (Wildman–Crippen LogP) is 1.52. The lowest BCUT2D eigenvalue weighted by Gasteiger charge is -2.13. The van der Waals surface area contributed by atoms with Crippen molar-refractivity contribution in [2.24, 2.45) is 0 Å². The molecule has 4 nitrogen and oxygen atoms in total. The number of aliphatic hydroxyl groups is 1. The van der Waals surface area contributed by atoms with Crippen molar-refractivity contribution < 1.29 is 9.90 Å². The van der Waals surface area contributed by atoms with E-state index in [4.69, 9.17) is 0 Å². The minimum absolute atomic E-state index is 0.0552. The molecule has 0 fully saturated rings. The van der Waals surface area contributed by atoms with Gasteiger partial charge in [0, 0.05) is 11.4 Å². The van der Waals surface area contributed by atoms with Crippen LogP contribution in [0.4, 0.5) is 5.69 Å². The Labute approximate surface area is 99.5 Å². The summed E-state index contributed by atoms with van der Waals surface area (Å²) in [7, 11) is 0. The third-order valence-corrected chi connectivity index (χ3v) is 3.45. The number of hydrogen-bond acceptors (Lipinski definition) is 4. The molecule has 0 unspecified atom stereocenters. The molecule has 0 aromatic carbocycles. The van der Waals surface area contributed by atoms with Crippen molar-refractivity contribution in [3.8, 4) is 0 Å². The number of amides is 1. The molecule has 2 N–H and O–H groups in total. The van der Waals surface area contributed by atoms with E-state index in [0.717, 1.165) is 0 Å². The molecule has 0 aliphatic rings. The van der Waals surface area contributed by atoms with Crippen LogP contribution in [-0.2, 0) is 4.79 Å². The zero-order valence-corrected chi connectivity index (χ0v) is 10.2. The molecule has 0 aliphatic carbocycles. The number of rotatable bonds is 5. The molecule has 1 heterocycles. The highest BCUT2D eigenvalue weighted by atomic mass is 32.2. The first-order chi connectivity index (χ1) is 7.59. The molecule has 0 radical (unpaired) electrons. The summed E-state index contributed by atoms with van der Waals surface area (Å²) in [5.74, 6) is 0.256. The van der Waals surface area contributed by atoms with Crippen LogP contribution in [-0.4, -0.2) is 33.1 Å². The number of thioether (sulfide) groups is 1. The quantitative estimate of drug-likeness (QED) is 0.819. The van der Waals surface area contributed by atoms with E-state index in [2.05, 4.69) is 10.3 Å². The number of nitrogens with one attached hydrogen (secondary N) is 1. The molecular weight excluding hydrogens is 224 g/mol. The van der Waals surface area contributed by atoms with E-state index < -0.39 is 6.10 Å². The Hall–Kier alpha value is -1.07. The van der Waals surface area contributed by atoms with Gasteiger partial charge in [-0.25, -0.2) is 0 Å². The van der Waals surface area contributed by atoms with Gasteiger partial charge in [0.1, 0.15) is 0 Å². The standard InChI is InChI=1S/C11H16N2O2S/c1-8(14)9(2)16-7-11(15)13-10-4-3-5-12-6-10/h3-6,8-9,14H,7H2,1-2H3,(H,13,15)/t8-,9+/m0/s1. The third kappa shape index (κ3) is 4.63. The molecule has 0 aliphatic heterocycles. The molecule has 1 aromatic heterocycles. The second-order valence-corrected chi connectivity index (χ2v) is 4.91. The third-order valence-electron chi connectivity index (χ3n) is 2.10. The first-order valence-electron chi connectivity index (χ1n) is 5.09. The summed E-state index contributed by atoms with van der Waals surface area (Å²) in [6.07, 6.45) is 2.84. The van der Waals surface area contributed by atoms with Gasteiger partial charge in [-0.2, -0.15) is 0 Å².